The monoisotopic (exact) mass is 318 g/mol. The van der Waals surface area contributed by atoms with Crippen LogP contribution >= 0.6 is 0 Å². The van der Waals surface area contributed by atoms with Crippen LogP contribution < -0.4 is 11.1 Å². The molecule has 23 heavy (non-hydrogen) atoms. The van der Waals surface area contributed by atoms with Crippen molar-refractivity contribution in [2.75, 3.05) is 5.32 Å². The molecule has 1 aliphatic rings. The van der Waals surface area contributed by atoms with E-state index in [1.165, 1.54) is 0 Å². The summed E-state index contributed by atoms with van der Waals surface area (Å²) in [6, 6.07) is 3.64. The lowest BCUT2D eigenvalue weighted by molar-refractivity contribution is -0.156. The molecule has 2 rings (SSSR count). The van der Waals surface area contributed by atoms with Gasteiger partial charge in [-0.3, -0.25) is 9.59 Å². The molecule has 0 saturated carbocycles. The molecular weight excluding hydrogens is 292 g/mol. The Balaban J connectivity index is 2.24. The fourth-order valence-electron chi connectivity index (χ4n) is 3.79. The van der Waals surface area contributed by atoms with E-state index in [-0.39, 0.29) is 6.04 Å². The van der Waals surface area contributed by atoms with E-state index in [0.29, 0.717) is 18.7 Å². The third-order valence-electron chi connectivity index (χ3n) is 4.37. The van der Waals surface area contributed by atoms with Crippen LogP contribution in [0.2, 0.25) is 0 Å². The lowest BCUT2D eigenvalue weighted by Gasteiger charge is -2.54. The first-order chi connectivity index (χ1) is 10.5. The van der Waals surface area contributed by atoms with Crippen LogP contribution in [0.5, 0.6) is 0 Å². The number of rotatable bonds is 1. The highest BCUT2D eigenvalue weighted by Crippen LogP contribution is 2.37. The summed E-state index contributed by atoms with van der Waals surface area (Å²) in [4.78, 5) is 31.0. The summed E-state index contributed by atoms with van der Waals surface area (Å²) in [7, 11) is 0. The smallest absolute Gasteiger partial charge is 0.315 e. The van der Waals surface area contributed by atoms with Crippen LogP contribution in [0.4, 0.5) is 5.82 Å². The molecule has 1 fully saturated rings. The SMILES string of the molecule is Cc1cccnc1NC(=O)C(=O)N1C(C)(C)CC(N)CC1(C)C. The molecule has 0 unspecified atom stereocenters. The van der Waals surface area contributed by atoms with Crippen molar-refractivity contribution in [2.45, 2.75) is 64.6 Å². The summed E-state index contributed by atoms with van der Waals surface area (Å²) < 4.78 is 0. The highest BCUT2D eigenvalue weighted by atomic mass is 16.2. The number of likely N-dealkylation sites (tertiary alicyclic amines) is 1. The summed E-state index contributed by atoms with van der Waals surface area (Å²) >= 11 is 0. The van der Waals surface area contributed by atoms with Crippen molar-refractivity contribution in [3.63, 3.8) is 0 Å². The second-order valence-electron chi connectivity index (χ2n) is 7.56. The van der Waals surface area contributed by atoms with Gasteiger partial charge >= 0.3 is 11.8 Å². The molecule has 0 bridgehead atoms. The normalized spacial score (nSPS) is 20.2. The third kappa shape index (κ3) is 3.52. The van der Waals surface area contributed by atoms with Gasteiger partial charge in [-0.15, -0.1) is 0 Å². The lowest BCUT2D eigenvalue weighted by Crippen LogP contribution is -2.66. The Morgan fingerprint density at radius 1 is 1.26 bits per heavy atom. The van der Waals surface area contributed by atoms with E-state index in [2.05, 4.69) is 10.3 Å². The number of nitrogens with two attached hydrogens (primary N) is 1. The van der Waals surface area contributed by atoms with Gasteiger partial charge in [-0.25, -0.2) is 4.98 Å². The molecule has 3 N–H and O–H groups in total. The Bertz CT molecular complexity index is 607. The van der Waals surface area contributed by atoms with Crippen molar-refractivity contribution in [3.05, 3.63) is 23.9 Å². The fraction of sp³-hybridized carbons (Fsp3) is 0.588. The molecule has 1 aromatic heterocycles. The van der Waals surface area contributed by atoms with Crippen molar-refractivity contribution in [1.29, 1.82) is 0 Å². The number of nitrogens with zero attached hydrogens (tertiary/aromatic N) is 2. The average Bonchev–Trinajstić information content (AvgIpc) is 2.37. The van der Waals surface area contributed by atoms with E-state index in [0.717, 1.165) is 5.56 Å². The highest BCUT2D eigenvalue weighted by Gasteiger charge is 2.48. The Morgan fingerprint density at radius 2 is 1.83 bits per heavy atom. The van der Waals surface area contributed by atoms with Crippen molar-refractivity contribution in [2.24, 2.45) is 5.73 Å². The Labute approximate surface area is 137 Å². The lowest BCUT2D eigenvalue weighted by atomic mass is 9.77. The largest absolute Gasteiger partial charge is 0.328 e. The second-order valence-corrected chi connectivity index (χ2v) is 7.56. The van der Waals surface area contributed by atoms with Crippen molar-refractivity contribution in [1.82, 2.24) is 9.88 Å². The number of piperidine rings is 1. The standard InChI is InChI=1S/C17H26N4O2/c1-11-7-6-8-19-13(11)20-14(22)15(23)21-16(2,3)9-12(18)10-17(21,4)5/h6-8,12H,9-10,18H2,1-5H3,(H,19,20,22). The molecule has 0 atom stereocenters. The molecule has 2 amide bonds. The van der Waals surface area contributed by atoms with Gasteiger partial charge < -0.3 is 16.0 Å². The first-order valence-electron chi connectivity index (χ1n) is 7.87. The van der Waals surface area contributed by atoms with Crippen LogP contribution in [-0.2, 0) is 9.59 Å². The van der Waals surface area contributed by atoms with E-state index in [4.69, 9.17) is 5.73 Å². The van der Waals surface area contributed by atoms with Gasteiger partial charge in [0, 0.05) is 23.3 Å². The number of carbonyl (C=O) groups excluding carboxylic acids is 2. The van der Waals surface area contributed by atoms with Crippen LogP contribution in [0.25, 0.3) is 0 Å². The highest BCUT2D eigenvalue weighted by molar-refractivity contribution is 6.39. The number of aryl methyl sites for hydroxylation is 1. The number of carbonyl (C=O) groups is 2. The summed E-state index contributed by atoms with van der Waals surface area (Å²) in [5, 5.41) is 2.62. The number of anilines is 1. The number of hydrogen-bond donors (Lipinski definition) is 2. The Kier molecular flexibility index (Phi) is 4.48. The zero-order chi connectivity index (χ0) is 17.4. The molecule has 0 aromatic carbocycles. The minimum absolute atomic E-state index is 0.0187. The quantitative estimate of drug-likeness (QED) is 0.773. The summed E-state index contributed by atoms with van der Waals surface area (Å²) in [5.74, 6) is -0.796. The summed E-state index contributed by atoms with van der Waals surface area (Å²) in [6.45, 7) is 9.63. The van der Waals surface area contributed by atoms with E-state index < -0.39 is 22.9 Å². The predicted octanol–water partition coefficient (Wildman–Crippen LogP) is 1.84. The van der Waals surface area contributed by atoms with Crippen molar-refractivity contribution in [3.8, 4) is 0 Å². The number of pyridine rings is 1. The predicted molar refractivity (Wildman–Crippen MR) is 89.8 cm³/mol. The first kappa shape index (κ1) is 17.4. The second kappa shape index (κ2) is 5.92. The fourth-order valence-corrected chi connectivity index (χ4v) is 3.79. The molecule has 0 spiro atoms. The maximum absolute atomic E-state index is 12.8. The zero-order valence-electron chi connectivity index (χ0n) is 14.5. The third-order valence-corrected chi connectivity index (χ3v) is 4.37. The summed E-state index contributed by atoms with van der Waals surface area (Å²) in [5.41, 5.74) is 5.98. The van der Waals surface area contributed by atoms with E-state index in [1.54, 1.807) is 17.2 Å². The van der Waals surface area contributed by atoms with Gasteiger partial charge in [-0.05, 0) is 59.1 Å². The molecule has 126 valence electrons. The molecule has 0 radical (unpaired) electrons. The number of hydrogen-bond acceptors (Lipinski definition) is 4. The minimum Gasteiger partial charge on any atom is -0.328 e. The van der Waals surface area contributed by atoms with Crippen LogP contribution in [-0.4, -0.2) is 38.8 Å². The van der Waals surface area contributed by atoms with Crippen LogP contribution in [0.3, 0.4) is 0 Å². The minimum atomic E-state index is -0.663. The molecule has 1 aromatic rings. The number of aromatic nitrogens is 1. The molecule has 2 heterocycles. The van der Waals surface area contributed by atoms with Gasteiger partial charge in [0.2, 0.25) is 0 Å². The van der Waals surface area contributed by atoms with Crippen LogP contribution in [0.1, 0.15) is 46.1 Å². The number of nitrogens with one attached hydrogen (secondary N) is 1. The maximum atomic E-state index is 12.8. The van der Waals surface area contributed by atoms with E-state index in [9.17, 15) is 9.59 Å². The molecule has 0 aliphatic carbocycles. The molecule has 1 aliphatic heterocycles. The van der Waals surface area contributed by atoms with E-state index in [1.807, 2.05) is 40.7 Å². The van der Waals surface area contributed by atoms with Crippen LogP contribution in [0.15, 0.2) is 18.3 Å². The average molecular weight is 318 g/mol. The van der Waals surface area contributed by atoms with Gasteiger partial charge in [-0.2, -0.15) is 0 Å². The van der Waals surface area contributed by atoms with Gasteiger partial charge in [0.1, 0.15) is 5.82 Å². The van der Waals surface area contributed by atoms with Crippen molar-refractivity contribution < 1.29 is 9.59 Å². The first-order valence-corrected chi connectivity index (χ1v) is 7.87. The molecule has 6 nitrogen and oxygen atoms in total. The zero-order valence-corrected chi connectivity index (χ0v) is 14.5. The van der Waals surface area contributed by atoms with Gasteiger partial charge in [0.25, 0.3) is 0 Å². The molecule has 6 heteroatoms. The summed E-state index contributed by atoms with van der Waals surface area (Å²) in [6.07, 6.45) is 2.91. The topological polar surface area (TPSA) is 88.3 Å². The molecule has 1 saturated heterocycles. The van der Waals surface area contributed by atoms with Gasteiger partial charge in [-0.1, -0.05) is 6.07 Å². The van der Waals surface area contributed by atoms with Gasteiger partial charge in [0.15, 0.2) is 0 Å². The number of amides is 2. The Hall–Kier alpha value is -1.95. The maximum Gasteiger partial charge on any atom is 0.315 e. The van der Waals surface area contributed by atoms with Crippen molar-refractivity contribution >= 4 is 17.6 Å². The molecular formula is C17H26N4O2. The van der Waals surface area contributed by atoms with Gasteiger partial charge in [0.05, 0.1) is 0 Å². The van der Waals surface area contributed by atoms with Crippen LogP contribution in [0, 0.1) is 6.92 Å². The van der Waals surface area contributed by atoms with E-state index >= 15 is 0 Å². The Morgan fingerprint density at radius 3 is 2.35 bits per heavy atom.